The van der Waals surface area contributed by atoms with Crippen molar-refractivity contribution < 1.29 is 9.53 Å². The average molecular weight is 295 g/mol. The lowest BCUT2D eigenvalue weighted by Gasteiger charge is -2.11. The molecule has 0 aliphatic rings. The summed E-state index contributed by atoms with van der Waals surface area (Å²) in [5.41, 5.74) is 8.32. The van der Waals surface area contributed by atoms with E-state index in [0.29, 0.717) is 5.75 Å². The van der Waals surface area contributed by atoms with Crippen LogP contribution in [-0.2, 0) is 11.8 Å². The van der Waals surface area contributed by atoms with Gasteiger partial charge in [0.25, 0.3) is 5.91 Å². The molecule has 2 N–H and O–H groups in total. The Balaban J connectivity index is 1.93. The number of carbonyl (C=O) groups excluding carboxylic acids is 1. The van der Waals surface area contributed by atoms with Crippen molar-refractivity contribution in [2.75, 3.05) is 0 Å². The summed E-state index contributed by atoms with van der Waals surface area (Å²) < 4.78 is 7.46. The first kappa shape index (κ1) is 14.1. The summed E-state index contributed by atoms with van der Waals surface area (Å²) in [4.78, 5) is 15.4. The number of carbonyl (C=O) groups is 1. The van der Waals surface area contributed by atoms with E-state index in [1.807, 2.05) is 48.1 Å². The monoisotopic (exact) mass is 295 g/mol. The van der Waals surface area contributed by atoms with Crippen molar-refractivity contribution >= 4 is 16.9 Å². The van der Waals surface area contributed by atoms with Gasteiger partial charge in [-0.15, -0.1) is 0 Å². The van der Waals surface area contributed by atoms with Crippen LogP contribution in [0.25, 0.3) is 22.2 Å². The average Bonchev–Trinajstić information content (AvgIpc) is 2.90. The molecule has 0 spiro atoms. The first-order valence-electron chi connectivity index (χ1n) is 7.02. The van der Waals surface area contributed by atoms with Gasteiger partial charge in [-0.25, -0.2) is 4.98 Å². The number of benzene rings is 1. The van der Waals surface area contributed by atoms with Crippen LogP contribution in [0.3, 0.4) is 0 Å². The van der Waals surface area contributed by atoms with Crippen LogP contribution in [0.4, 0.5) is 0 Å². The van der Waals surface area contributed by atoms with Gasteiger partial charge in [0, 0.05) is 24.8 Å². The first-order chi connectivity index (χ1) is 10.6. The van der Waals surface area contributed by atoms with Crippen molar-refractivity contribution in [1.29, 1.82) is 0 Å². The van der Waals surface area contributed by atoms with Crippen molar-refractivity contribution in [2.24, 2.45) is 12.8 Å². The van der Waals surface area contributed by atoms with Gasteiger partial charge >= 0.3 is 0 Å². The highest BCUT2D eigenvalue weighted by molar-refractivity contribution is 5.93. The van der Waals surface area contributed by atoms with E-state index < -0.39 is 12.0 Å². The van der Waals surface area contributed by atoms with Gasteiger partial charge in [0.05, 0.1) is 0 Å². The zero-order chi connectivity index (χ0) is 15.7. The predicted molar refractivity (Wildman–Crippen MR) is 85.4 cm³/mol. The molecule has 1 aromatic carbocycles. The third-order valence-corrected chi connectivity index (χ3v) is 3.65. The number of fused-ring (bicyclic) bond motifs is 1. The number of aryl methyl sites for hydroxylation is 1. The van der Waals surface area contributed by atoms with Gasteiger partial charge in [-0.3, -0.25) is 4.79 Å². The van der Waals surface area contributed by atoms with Crippen LogP contribution in [0.15, 0.2) is 48.8 Å². The van der Waals surface area contributed by atoms with E-state index in [1.54, 1.807) is 13.1 Å². The van der Waals surface area contributed by atoms with Crippen LogP contribution < -0.4 is 10.5 Å². The van der Waals surface area contributed by atoms with Gasteiger partial charge in [0.2, 0.25) is 0 Å². The molecular formula is C17H17N3O2. The second-order valence-electron chi connectivity index (χ2n) is 5.21. The maximum atomic E-state index is 11.0. The Morgan fingerprint density at radius 3 is 2.64 bits per heavy atom. The molecule has 22 heavy (non-hydrogen) atoms. The fourth-order valence-corrected chi connectivity index (χ4v) is 2.39. The highest BCUT2D eigenvalue weighted by Crippen LogP contribution is 2.29. The molecule has 0 radical (unpaired) electrons. The molecule has 0 unspecified atom stereocenters. The Bertz CT molecular complexity index is 822. The van der Waals surface area contributed by atoms with E-state index in [1.165, 1.54) is 0 Å². The zero-order valence-corrected chi connectivity index (χ0v) is 12.5. The van der Waals surface area contributed by atoms with E-state index in [2.05, 4.69) is 11.1 Å². The van der Waals surface area contributed by atoms with Gasteiger partial charge in [-0.1, -0.05) is 12.1 Å². The summed E-state index contributed by atoms with van der Waals surface area (Å²) in [6, 6.07) is 11.6. The SMILES string of the molecule is C[C@@H](Oc1ccc(-c2ccnc3c2ccn3C)cc1)C(N)=O. The lowest BCUT2D eigenvalue weighted by atomic mass is 10.0. The molecule has 0 aliphatic heterocycles. The van der Waals surface area contributed by atoms with Crippen LogP contribution in [0.2, 0.25) is 0 Å². The number of pyridine rings is 1. The van der Waals surface area contributed by atoms with Crippen molar-refractivity contribution in [1.82, 2.24) is 9.55 Å². The number of hydrogen-bond donors (Lipinski definition) is 1. The minimum absolute atomic E-state index is 0.482. The molecule has 0 saturated heterocycles. The topological polar surface area (TPSA) is 70.1 Å². The minimum Gasteiger partial charge on any atom is -0.481 e. The van der Waals surface area contributed by atoms with E-state index in [0.717, 1.165) is 22.2 Å². The van der Waals surface area contributed by atoms with Crippen LogP contribution >= 0.6 is 0 Å². The molecule has 0 bridgehead atoms. The smallest absolute Gasteiger partial charge is 0.258 e. The standard InChI is InChI=1S/C17H17N3O2/c1-11(16(18)21)22-13-5-3-12(4-6-13)14-7-9-19-17-15(14)8-10-20(17)2/h3-11H,1-2H3,(H2,18,21)/t11-/m1/s1. The number of rotatable bonds is 4. The van der Waals surface area contributed by atoms with Crippen molar-refractivity contribution in [2.45, 2.75) is 13.0 Å². The third-order valence-electron chi connectivity index (χ3n) is 3.65. The molecule has 2 heterocycles. The molecule has 1 amide bonds. The highest BCUT2D eigenvalue weighted by Gasteiger charge is 2.11. The van der Waals surface area contributed by atoms with Gasteiger partial charge in [-0.05, 0) is 42.3 Å². The van der Waals surface area contributed by atoms with E-state index in [-0.39, 0.29) is 0 Å². The van der Waals surface area contributed by atoms with Crippen LogP contribution in [0.1, 0.15) is 6.92 Å². The minimum atomic E-state index is -0.646. The first-order valence-corrected chi connectivity index (χ1v) is 7.02. The Morgan fingerprint density at radius 1 is 1.23 bits per heavy atom. The maximum absolute atomic E-state index is 11.0. The van der Waals surface area contributed by atoms with Gasteiger partial charge in [0.1, 0.15) is 11.4 Å². The van der Waals surface area contributed by atoms with Crippen LogP contribution in [0.5, 0.6) is 5.75 Å². The number of ether oxygens (including phenoxy) is 1. The molecule has 2 aromatic heterocycles. The molecule has 3 rings (SSSR count). The lowest BCUT2D eigenvalue weighted by molar-refractivity contribution is -0.123. The quantitative estimate of drug-likeness (QED) is 0.804. The summed E-state index contributed by atoms with van der Waals surface area (Å²) >= 11 is 0. The summed E-state index contributed by atoms with van der Waals surface area (Å²) in [7, 11) is 1.97. The maximum Gasteiger partial charge on any atom is 0.258 e. The van der Waals surface area contributed by atoms with Crippen LogP contribution in [0, 0.1) is 0 Å². The molecule has 0 fully saturated rings. The number of nitrogens with zero attached hydrogens (tertiary/aromatic N) is 2. The molecule has 112 valence electrons. The van der Waals surface area contributed by atoms with Crippen molar-refractivity contribution in [3.8, 4) is 16.9 Å². The summed E-state index contributed by atoms with van der Waals surface area (Å²) in [6.07, 6.45) is 3.15. The van der Waals surface area contributed by atoms with Gasteiger partial charge in [0.15, 0.2) is 6.10 Å². The Morgan fingerprint density at radius 2 is 1.95 bits per heavy atom. The third kappa shape index (κ3) is 2.53. The number of hydrogen-bond acceptors (Lipinski definition) is 3. The Hall–Kier alpha value is -2.82. The van der Waals surface area contributed by atoms with Crippen molar-refractivity contribution in [3.63, 3.8) is 0 Å². The largest absolute Gasteiger partial charge is 0.481 e. The normalized spacial score (nSPS) is 12.3. The molecule has 0 aliphatic carbocycles. The molecule has 3 aromatic rings. The molecule has 5 nitrogen and oxygen atoms in total. The number of aromatic nitrogens is 2. The fourth-order valence-electron chi connectivity index (χ4n) is 2.39. The fraction of sp³-hybridized carbons (Fsp3) is 0.176. The van der Waals surface area contributed by atoms with E-state index in [9.17, 15) is 4.79 Å². The second-order valence-corrected chi connectivity index (χ2v) is 5.21. The van der Waals surface area contributed by atoms with E-state index in [4.69, 9.17) is 10.5 Å². The number of primary amides is 1. The summed E-state index contributed by atoms with van der Waals surface area (Å²) in [6.45, 7) is 1.63. The summed E-state index contributed by atoms with van der Waals surface area (Å²) in [5.74, 6) is 0.137. The molecule has 5 heteroatoms. The Labute approximate surface area is 128 Å². The molecule has 1 atom stereocenters. The Kier molecular flexibility index (Phi) is 3.55. The molecule has 0 saturated carbocycles. The molecular weight excluding hydrogens is 278 g/mol. The van der Waals surface area contributed by atoms with Gasteiger partial charge < -0.3 is 15.0 Å². The second kappa shape index (κ2) is 5.52. The number of nitrogens with two attached hydrogens (primary N) is 1. The zero-order valence-electron chi connectivity index (χ0n) is 12.5. The lowest BCUT2D eigenvalue weighted by Crippen LogP contribution is -2.30. The van der Waals surface area contributed by atoms with Gasteiger partial charge in [-0.2, -0.15) is 0 Å². The highest BCUT2D eigenvalue weighted by atomic mass is 16.5. The predicted octanol–water partition coefficient (Wildman–Crippen LogP) is 2.49. The summed E-state index contributed by atoms with van der Waals surface area (Å²) in [5, 5.41) is 1.10. The van der Waals surface area contributed by atoms with Crippen LogP contribution in [-0.4, -0.2) is 21.6 Å². The number of amides is 1. The van der Waals surface area contributed by atoms with E-state index >= 15 is 0 Å². The van der Waals surface area contributed by atoms with Crippen molar-refractivity contribution in [3.05, 3.63) is 48.8 Å².